The van der Waals surface area contributed by atoms with Crippen molar-refractivity contribution < 1.29 is 4.79 Å². The van der Waals surface area contributed by atoms with Gasteiger partial charge in [-0.2, -0.15) is 5.10 Å². The molecule has 2 aromatic carbocycles. The standard InChI is InChI=1S/C22H21Cl2N3OS/c1-15-10-18(16(2)27(15)20-8-5-7-19(23)11-20)12-25-26-22(28)14-29-13-17-6-3-4-9-21(17)24/h3-12H,13-14H2,1-2H3,(H,26,28)/b25-12+. The van der Waals surface area contributed by atoms with E-state index < -0.39 is 0 Å². The molecule has 150 valence electrons. The maximum atomic E-state index is 12.0. The first kappa shape index (κ1) is 21.5. The largest absolute Gasteiger partial charge is 0.318 e. The van der Waals surface area contributed by atoms with Gasteiger partial charge in [0, 0.05) is 38.4 Å². The number of amides is 1. The summed E-state index contributed by atoms with van der Waals surface area (Å²) in [6, 6.07) is 17.4. The molecule has 0 bridgehead atoms. The lowest BCUT2D eigenvalue weighted by Gasteiger charge is -2.09. The predicted octanol–water partition coefficient (Wildman–Crippen LogP) is 5.78. The van der Waals surface area contributed by atoms with E-state index in [9.17, 15) is 4.79 Å². The van der Waals surface area contributed by atoms with Crippen LogP contribution in [0.25, 0.3) is 5.69 Å². The highest BCUT2D eigenvalue weighted by Gasteiger charge is 2.10. The van der Waals surface area contributed by atoms with Gasteiger partial charge in [0.15, 0.2) is 0 Å². The number of hydrogen-bond donors (Lipinski definition) is 1. The maximum Gasteiger partial charge on any atom is 0.250 e. The molecule has 0 radical (unpaired) electrons. The molecule has 0 aliphatic carbocycles. The van der Waals surface area contributed by atoms with Crippen molar-refractivity contribution in [1.82, 2.24) is 9.99 Å². The molecule has 0 atom stereocenters. The normalized spacial score (nSPS) is 11.2. The number of hydrogen-bond acceptors (Lipinski definition) is 3. The fourth-order valence-corrected chi connectivity index (χ4v) is 4.30. The van der Waals surface area contributed by atoms with Crippen LogP contribution in [0.1, 0.15) is 22.5 Å². The van der Waals surface area contributed by atoms with Crippen LogP contribution in [-0.2, 0) is 10.5 Å². The first-order chi connectivity index (χ1) is 14.0. The van der Waals surface area contributed by atoms with Crippen molar-refractivity contribution in [3.8, 4) is 5.69 Å². The van der Waals surface area contributed by atoms with Crippen LogP contribution in [0.15, 0.2) is 59.7 Å². The summed E-state index contributed by atoms with van der Waals surface area (Å²) in [6.07, 6.45) is 1.67. The molecule has 0 unspecified atom stereocenters. The maximum absolute atomic E-state index is 12.0. The van der Waals surface area contributed by atoms with E-state index in [1.54, 1.807) is 6.21 Å². The van der Waals surface area contributed by atoms with E-state index in [-0.39, 0.29) is 5.91 Å². The van der Waals surface area contributed by atoms with E-state index in [2.05, 4.69) is 15.1 Å². The molecule has 0 saturated carbocycles. The molecule has 1 amide bonds. The lowest BCUT2D eigenvalue weighted by molar-refractivity contribution is -0.118. The van der Waals surface area contributed by atoms with Crippen molar-refractivity contribution in [2.24, 2.45) is 5.10 Å². The summed E-state index contributed by atoms with van der Waals surface area (Å²) >= 11 is 13.7. The highest BCUT2D eigenvalue weighted by atomic mass is 35.5. The van der Waals surface area contributed by atoms with Gasteiger partial charge in [-0.3, -0.25) is 4.79 Å². The van der Waals surface area contributed by atoms with Crippen LogP contribution >= 0.6 is 35.0 Å². The summed E-state index contributed by atoms with van der Waals surface area (Å²) in [5.41, 5.74) is 7.62. The van der Waals surface area contributed by atoms with Crippen LogP contribution < -0.4 is 5.43 Å². The number of benzene rings is 2. The molecule has 0 saturated heterocycles. The van der Waals surface area contributed by atoms with Gasteiger partial charge in [0.25, 0.3) is 0 Å². The Kier molecular flexibility index (Phi) is 7.42. The molecule has 29 heavy (non-hydrogen) atoms. The number of halogens is 2. The van der Waals surface area contributed by atoms with E-state index in [4.69, 9.17) is 23.2 Å². The molecular weight excluding hydrogens is 425 g/mol. The number of carbonyl (C=O) groups excluding carboxylic acids is 1. The van der Waals surface area contributed by atoms with Crippen LogP contribution in [-0.4, -0.2) is 22.4 Å². The van der Waals surface area contributed by atoms with Crippen LogP contribution in [0.4, 0.5) is 0 Å². The predicted molar refractivity (Wildman–Crippen MR) is 124 cm³/mol. The Labute approximate surface area is 184 Å². The number of thioether (sulfide) groups is 1. The SMILES string of the molecule is Cc1cc(/C=N/NC(=O)CSCc2ccccc2Cl)c(C)n1-c1cccc(Cl)c1. The number of rotatable bonds is 7. The fourth-order valence-electron chi connectivity index (χ4n) is 3.01. The highest BCUT2D eigenvalue weighted by molar-refractivity contribution is 7.99. The second-order valence-electron chi connectivity index (χ2n) is 6.52. The Balaban J connectivity index is 1.57. The summed E-state index contributed by atoms with van der Waals surface area (Å²) < 4.78 is 2.11. The number of carbonyl (C=O) groups is 1. The number of nitrogens with one attached hydrogen (secondary N) is 1. The van der Waals surface area contributed by atoms with Crippen LogP contribution in [0, 0.1) is 13.8 Å². The third-order valence-electron chi connectivity index (χ3n) is 4.38. The minimum Gasteiger partial charge on any atom is -0.318 e. The average molecular weight is 446 g/mol. The van der Waals surface area contributed by atoms with Crippen molar-refractivity contribution in [3.05, 3.63) is 87.2 Å². The number of hydrazone groups is 1. The first-order valence-corrected chi connectivity index (χ1v) is 10.9. The Bertz CT molecular complexity index is 1050. The van der Waals surface area contributed by atoms with Crippen molar-refractivity contribution in [2.45, 2.75) is 19.6 Å². The number of aryl methyl sites for hydroxylation is 1. The Hall–Kier alpha value is -2.21. The topological polar surface area (TPSA) is 46.4 Å². The van der Waals surface area contributed by atoms with Crippen molar-refractivity contribution in [1.29, 1.82) is 0 Å². The Morgan fingerprint density at radius 1 is 1.14 bits per heavy atom. The number of nitrogens with zero attached hydrogens (tertiary/aromatic N) is 2. The first-order valence-electron chi connectivity index (χ1n) is 9.03. The Morgan fingerprint density at radius 2 is 1.93 bits per heavy atom. The summed E-state index contributed by atoms with van der Waals surface area (Å²) in [6.45, 7) is 4.03. The third kappa shape index (κ3) is 5.66. The molecule has 1 N–H and O–H groups in total. The average Bonchev–Trinajstić information content (AvgIpc) is 2.97. The van der Waals surface area contributed by atoms with E-state index in [0.29, 0.717) is 21.6 Å². The molecule has 0 aliphatic heterocycles. The second-order valence-corrected chi connectivity index (χ2v) is 8.35. The minimum atomic E-state index is -0.151. The lowest BCUT2D eigenvalue weighted by atomic mass is 10.2. The van der Waals surface area contributed by atoms with Crippen LogP contribution in [0.5, 0.6) is 0 Å². The molecule has 4 nitrogen and oxygen atoms in total. The molecule has 0 fully saturated rings. The monoisotopic (exact) mass is 445 g/mol. The van der Waals surface area contributed by atoms with Gasteiger partial charge < -0.3 is 4.57 Å². The van der Waals surface area contributed by atoms with Crippen molar-refractivity contribution in [2.75, 3.05) is 5.75 Å². The highest BCUT2D eigenvalue weighted by Crippen LogP contribution is 2.22. The van der Waals surface area contributed by atoms with Crippen molar-refractivity contribution >= 4 is 47.1 Å². The molecular formula is C22H21Cl2N3OS. The quantitative estimate of drug-likeness (QED) is 0.369. The van der Waals surface area contributed by atoms with Crippen LogP contribution in [0.2, 0.25) is 10.0 Å². The molecule has 3 rings (SSSR count). The summed E-state index contributed by atoms with van der Waals surface area (Å²) in [5, 5.41) is 5.51. The van der Waals surface area contributed by atoms with Gasteiger partial charge >= 0.3 is 0 Å². The number of aromatic nitrogens is 1. The van der Waals surface area contributed by atoms with Gasteiger partial charge in [0.05, 0.1) is 12.0 Å². The summed E-state index contributed by atoms with van der Waals surface area (Å²) in [5.74, 6) is 0.837. The van der Waals surface area contributed by atoms with Gasteiger partial charge in [-0.05, 0) is 49.7 Å². The Morgan fingerprint density at radius 3 is 2.69 bits per heavy atom. The zero-order chi connectivity index (χ0) is 20.8. The smallest absolute Gasteiger partial charge is 0.250 e. The molecule has 1 heterocycles. The molecule has 0 aliphatic rings. The zero-order valence-corrected chi connectivity index (χ0v) is 18.5. The molecule has 1 aromatic heterocycles. The van der Waals surface area contributed by atoms with E-state index in [1.807, 2.05) is 68.4 Å². The molecule has 3 aromatic rings. The van der Waals surface area contributed by atoms with Gasteiger partial charge in [-0.1, -0.05) is 47.5 Å². The van der Waals surface area contributed by atoms with Gasteiger partial charge in [-0.25, -0.2) is 5.43 Å². The van der Waals surface area contributed by atoms with E-state index in [0.717, 1.165) is 28.2 Å². The van der Waals surface area contributed by atoms with Crippen molar-refractivity contribution in [3.63, 3.8) is 0 Å². The molecule has 7 heteroatoms. The fraction of sp³-hybridized carbons (Fsp3) is 0.182. The van der Waals surface area contributed by atoms with Gasteiger partial charge in [0.1, 0.15) is 0 Å². The third-order valence-corrected chi connectivity index (χ3v) is 5.96. The summed E-state index contributed by atoms with van der Waals surface area (Å²) in [4.78, 5) is 12.0. The van der Waals surface area contributed by atoms with Gasteiger partial charge in [0.2, 0.25) is 5.91 Å². The van der Waals surface area contributed by atoms with E-state index >= 15 is 0 Å². The van der Waals surface area contributed by atoms with E-state index in [1.165, 1.54) is 11.8 Å². The molecule has 0 spiro atoms. The zero-order valence-electron chi connectivity index (χ0n) is 16.2. The van der Waals surface area contributed by atoms with Crippen LogP contribution in [0.3, 0.4) is 0 Å². The summed E-state index contributed by atoms with van der Waals surface area (Å²) in [7, 11) is 0. The second kappa shape index (κ2) is 10.0. The van der Waals surface area contributed by atoms with Gasteiger partial charge in [-0.15, -0.1) is 11.8 Å². The lowest BCUT2D eigenvalue weighted by Crippen LogP contribution is -2.19. The minimum absolute atomic E-state index is 0.151.